The number of hydrogen-bond acceptors (Lipinski definition) is 2. The lowest BCUT2D eigenvalue weighted by Crippen LogP contribution is -2.29. The van der Waals surface area contributed by atoms with Crippen molar-refractivity contribution in [3.05, 3.63) is 35.4 Å². The van der Waals surface area contributed by atoms with Crippen LogP contribution in [0.3, 0.4) is 0 Å². The first-order valence-electron chi connectivity index (χ1n) is 5.89. The highest BCUT2D eigenvalue weighted by Gasteiger charge is 2.11. The second-order valence-corrected chi connectivity index (χ2v) is 4.31. The summed E-state index contributed by atoms with van der Waals surface area (Å²) in [4.78, 5) is 2.54. The van der Waals surface area contributed by atoms with Crippen molar-refractivity contribution in [1.29, 1.82) is 0 Å². The van der Waals surface area contributed by atoms with Gasteiger partial charge in [0.1, 0.15) is 0 Å². The maximum atomic E-state index is 5.74. The Morgan fingerprint density at radius 1 is 1.00 bits per heavy atom. The maximum Gasteiger partial charge on any atom is 0.0236 e. The van der Waals surface area contributed by atoms with Crippen LogP contribution in [0.5, 0.6) is 0 Å². The molecule has 2 N–H and O–H groups in total. The summed E-state index contributed by atoms with van der Waals surface area (Å²) < 4.78 is 0. The van der Waals surface area contributed by atoms with E-state index in [1.165, 1.54) is 43.5 Å². The molecule has 15 heavy (non-hydrogen) atoms. The van der Waals surface area contributed by atoms with Crippen molar-refractivity contribution in [2.75, 3.05) is 13.1 Å². The van der Waals surface area contributed by atoms with Gasteiger partial charge in [-0.1, -0.05) is 30.7 Å². The van der Waals surface area contributed by atoms with E-state index >= 15 is 0 Å². The minimum absolute atomic E-state index is 0.657. The van der Waals surface area contributed by atoms with E-state index in [9.17, 15) is 0 Å². The summed E-state index contributed by atoms with van der Waals surface area (Å²) in [6.45, 7) is 4.23. The maximum absolute atomic E-state index is 5.74. The van der Waals surface area contributed by atoms with E-state index < -0.39 is 0 Å². The summed E-state index contributed by atoms with van der Waals surface area (Å²) in [6, 6.07) is 8.52. The molecule has 1 aromatic rings. The van der Waals surface area contributed by atoms with E-state index in [0.717, 1.165) is 6.54 Å². The zero-order valence-corrected chi connectivity index (χ0v) is 9.28. The van der Waals surface area contributed by atoms with Crippen molar-refractivity contribution in [3.8, 4) is 0 Å². The molecule has 0 amide bonds. The zero-order valence-electron chi connectivity index (χ0n) is 9.28. The van der Waals surface area contributed by atoms with Gasteiger partial charge in [-0.05, 0) is 37.1 Å². The fraction of sp³-hybridized carbons (Fsp3) is 0.538. The highest BCUT2D eigenvalue weighted by molar-refractivity contribution is 5.26. The number of piperidine rings is 1. The van der Waals surface area contributed by atoms with Crippen molar-refractivity contribution in [3.63, 3.8) is 0 Å². The molecule has 0 aliphatic carbocycles. The summed E-state index contributed by atoms with van der Waals surface area (Å²) >= 11 is 0. The highest BCUT2D eigenvalue weighted by atomic mass is 15.1. The van der Waals surface area contributed by atoms with Gasteiger partial charge in [0.2, 0.25) is 0 Å². The van der Waals surface area contributed by atoms with Crippen LogP contribution in [0.2, 0.25) is 0 Å². The molecule has 2 rings (SSSR count). The lowest BCUT2D eigenvalue weighted by molar-refractivity contribution is 0.220. The van der Waals surface area contributed by atoms with Gasteiger partial charge in [-0.15, -0.1) is 0 Å². The van der Waals surface area contributed by atoms with E-state index in [4.69, 9.17) is 5.73 Å². The Morgan fingerprint density at radius 2 is 1.67 bits per heavy atom. The molecule has 0 bridgehead atoms. The van der Waals surface area contributed by atoms with Crippen LogP contribution in [0.1, 0.15) is 30.4 Å². The molecule has 0 unspecified atom stereocenters. The number of likely N-dealkylation sites (tertiary alicyclic amines) is 1. The first kappa shape index (κ1) is 10.7. The fourth-order valence-corrected chi connectivity index (χ4v) is 2.27. The Hall–Kier alpha value is -0.860. The Morgan fingerprint density at radius 3 is 2.33 bits per heavy atom. The molecule has 1 heterocycles. The highest BCUT2D eigenvalue weighted by Crippen LogP contribution is 2.15. The molecule has 1 saturated heterocycles. The van der Waals surface area contributed by atoms with Crippen LogP contribution in [-0.4, -0.2) is 18.0 Å². The van der Waals surface area contributed by atoms with Gasteiger partial charge in [-0.2, -0.15) is 0 Å². The first-order chi connectivity index (χ1) is 7.40. The topological polar surface area (TPSA) is 29.3 Å². The second kappa shape index (κ2) is 5.29. The second-order valence-electron chi connectivity index (χ2n) is 4.31. The monoisotopic (exact) mass is 204 g/mol. The lowest BCUT2D eigenvalue weighted by atomic mass is 10.1. The summed E-state index contributed by atoms with van der Waals surface area (Å²) in [5, 5.41) is 0. The molecule has 0 atom stereocenters. The smallest absolute Gasteiger partial charge is 0.0236 e. The summed E-state index contributed by atoms with van der Waals surface area (Å²) in [5.74, 6) is 0. The number of rotatable bonds is 3. The fourth-order valence-electron chi connectivity index (χ4n) is 2.27. The largest absolute Gasteiger partial charge is 0.326 e. The molecule has 0 aromatic heterocycles. The lowest BCUT2D eigenvalue weighted by Gasteiger charge is -2.27. The Bertz CT molecular complexity index is 303. The number of hydrogen-bond donors (Lipinski definition) is 1. The Kier molecular flexibility index (Phi) is 3.75. The number of benzene rings is 1. The normalized spacial score (nSPS) is 17.9. The van der Waals surface area contributed by atoms with Crippen LogP contribution in [-0.2, 0) is 13.1 Å². The predicted octanol–water partition coefficient (Wildman–Crippen LogP) is 2.13. The molecule has 82 valence electrons. The van der Waals surface area contributed by atoms with Crippen molar-refractivity contribution < 1.29 is 0 Å². The van der Waals surface area contributed by atoms with Gasteiger partial charge < -0.3 is 5.73 Å². The Labute approximate surface area is 92.1 Å². The van der Waals surface area contributed by atoms with E-state index in [1.807, 2.05) is 0 Å². The average Bonchev–Trinajstić information content (AvgIpc) is 2.31. The van der Waals surface area contributed by atoms with Crippen LogP contribution in [0.15, 0.2) is 24.3 Å². The summed E-state index contributed by atoms with van der Waals surface area (Å²) in [5.41, 5.74) is 8.44. The summed E-state index contributed by atoms with van der Waals surface area (Å²) in [7, 11) is 0. The third kappa shape index (κ3) is 2.80. The van der Waals surface area contributed by atoms with Crippen LogP contribution in [0, 0.1) is 0 Å². The molecule has 2 nitrogen and oxygen atoms in total. The standard InChI is InChI=1S/C13H20N2/c14-10-12-6-2-3-7-13(12)11-15-8-4-1-5-9-15/h2-3,6-7H,1,4-5,8-11,14H2. The molecular formula is C13H20N2. The van der Waals surface area contributed by atoms with E-state index in [2.05, 4.69) is 29.2 Å². The van der Waals surface area contributed by atoms with Crippen molar-refractivity contribution in [1.82, 2.24) is 4.90 Å². The minimum Gasteiger partial charge on any atom is -0.326 e. The van der Waals surface area contributed by atoms with Gasteiger partial charge in [0, 0.05) is 13.1 Å². The van der Waals surface area contributed by atoms with Gasteiger partial charge >= 0.3 is 0 Å². The summed E-state index contributed by atoms with van der Waals surface area (Å²) in [6.07, 6.45) is 4.10. The van der Waals surface area contributed by atoms with Crippen LogP contribution >= 0.6 is 0 Å². The molecular weight excluding hydrogens is 184 g/mol. The third-order valence-corrected chi connectivity index (χ3v) is 3.18. The average molecular weight is 204 g/mol. The van der Waals surface area contributed by atoms with Gasteiger partial charge in [-0.3, -0.25) is 4.90 Å². The predicted molar refractivity (Wildman–Crippen MR) is 63.5 cm³/mol. The molecule has 1 aliphatic heterocycles. The minimum atomic E-state index is 0.657. The van der Waals surface area contributed by atoms with Crippen molar-refractivity contribution >= 4 is 0 Å². The quantitative estimate of drug-likeness (QED) is 0.817. The van der Waals surface area contributed by atoms with Crippen LogP contribution in [0.4, 0.5) is 0 Å². The van der Waals surface area contributed by atoms with Crippen molar-refractivity contribution in [2.24, 2.45) is 5.73 Å². The molecule has 0 saturated carbocycles. The van der Waals surface area contributed by atoms with Crippen LogP contribution in [0.25, 0.3) is 0 Å². The van der Waals surface area contributed by atoms with Gasteiger partial charge in [0.15, 0.2) is 0 Å². The zero-order chi connectivity index (χ0) is 10.5. The van der Waals surface area contributed by atoms with Crippen LogP contribution < -0.4 is 5.73 Å². The van der Waals surface area contributed by atoms with E-state index in [1.54, 1.807) is 0 Å². The van der Waals surface area contributed by atoms with Gasteiger partial charge in [0.25, 0.3) is 0 Å². The number of nitrogens with zero attached hydrogens (tertiary/aromatic N) is 1. The molecule has 1 aliphatic rings. The van der Waals surface area contributed by atoms with Crippen molar-refractivity contribution in [2.45, 2.75) is 32.4 Å². The first-order valence-corrected chi connectivity index (χ1v) is 5.89. The number of nitrogens with two attached hydrogens (primary N) is 1. The van der Waals surface area contributed by atoms with Gasteiger partial charge in [-0.25, -0.2) is 0 Å². The van der Waals surface area contributed by atoms with Gasteiger partial charge in [0.05, 0.1) is 0 Å². The SMILES string of the molecule is NCc1ccccc1CN1CCCCC1. The molecule has 1 fully saturated rings. The van der Waals surface area contributed by atoms with E-state index in [0.29, 0.717) is 6.54 Å². The Balaban J connectivity index is 2.02. The molecule has 0 spiro atoms. The molecule has 1 aromatic carbocycles. The van der Waals surface area contributed by atoms with E-state index in [-0.39, 0.29) is 0 Å². The molecule has 0 radical (unpaired) electrons. The molecule has 2 heteroatoms. The third-order valence-electron chi connectivity index (χ3n) is 3.18.